The molecular formula is C21H22ClNO3. The van der Waals surface area contributed by atoms with Gasteiger partial charge in [-0.3, -0.25) is 4.79 Å². The Kier molecular flexibility index (Phi) is 4.88. The van der Waals surface area contributed by atoms with Crippen LogP contribution in [0.1, 0.15) is 24.0 Å². The second-order valence-electron chi connectivity index (χ2n) is 7.00. The maximum absolute atomic E-state index is 12.1. The number of hydrogen-bond acceptors (Lipinski definition) is 3. The maximum Gasteiger partial charge on any atom is 0.249 e. The molecule has 2 atom stereocenters. The van der Waals surface area contributed by atoms with E-state index in [9.17, 15) is 4.79 Å². The number of benzene rings is 2. The van der Waals surface area contributed by atoms with Gasteiger partial charge in [0.15, 0.2) is 0 Å². The van der Waals surface area contributed by atoms with Crippen LogP contribution in [-0.2, 0) is 16.0 Å². The van der Waals surface area contributed by atoms with Crippen LogP contribution < -0.4 is 10.1 Å². The first-order valence-electron chi connectivity index (χ1n) is 9.05. The normalized spacial score (nSPS) is 21.3. The SMILES string of the molecule is Cc1cc2c(c(-c3ccc(Cl)cc3)c1)OC(CNC(=O)C1CCCO1)C2. The van der Waals surface area contributed by atoms with E-state index in [1.165, 1.54) is 11.1 Å². The summed E-state index contributed by atoms with van der Waals surface area (Å²) in [6.07, 6.45) is 2.20. The summed E-state index contributed by atoms with van der Waals surface area (Å²) in [6, 6.07) is 12.1. The number of carbonyl (C=O) groups excluding carboxylic acids is 1. The molecule has 1 saturated heterocycles. The minimum absolute atomic E-state index is 0.0313. The molecule has 2 aromatic carbocycles. The van der Waals surface area contributed by atoms with Crippen molar-refractivity contribution in [3.05, 3.63) is 52.5 Å². The molecule has 1 N–H and O–H groups in total. The minimum atomic E-state index is -0.300. The van der Waals surface area contributed by atoms with Crippen molar-refractivity contribution < 1.29 is 14.3 Å². The highest BCUT2D eigenvalue weighted by Crippen LogP contribution is 2.40. The molecule has 2 unspecified atom stereocenters. The van der Waals surface area contributed by atoms with E-state index in [2.05, 4.69) is 24.4 Å². The number of rotatable bonds is 4. The first-order valence-corrected chi connectivity index (χ1v) is 9.43. The number of nitrogens with one attached hydrogen (secondary N) is 1. The van der Waals surface area contributed by atoms with Gasteiger partial charge in [0, 0.05) is 23.6 Å². The summed E-state index contributed by atoms with van der Waals surface area (Å²) in [7, 11) is 0. The van der Waals surface area contributed by atoms with E-state index in [1.807, 2.05) is 24.3 Å². The molecule has 2 heterocycles. The predicted octanol–water partition coefficient (Wildman–Crippen LogP) is 3.91. The maximum atomic E-state index is 12.1. The molecule has 5 heteroatoms. The molecule has 2 aromatic rings. The van der Waals surface area contributed by atoms with E-state index in [0.717, 1.165) is 36.1 Å². The lowest BCUT2D eigenvalue weighted by Gasteiger charge is -2.15. The van der Waals surface area contributed by atoms with Crippen molar-refractivity contribution in [3.8, 4) is 16.9 Å². The second kappa shape index (κ2) is 7.29. The van der Waals surface area contributed by atoms with E-state index in [4.69, 9.17) is 21.1 Å². The fourth-order valence-corrected chi connectivity index (χ4v) is 3.79. The van der Waals surface area contributed by atoms with Crippen LogP contribution in [0.3, 0.4) is 0 Å². The lowest BCUT2D eigenvalue weighted by molar-refractivity contribution is -0.130. The Morgan fingerprint density at radius 1 is 1.27 bits per heavy atom. The van der Waals surface area contributed by atoms with E-state index < -0.39 is 0 Å². The first kappa shape index (κ1) is 17.4. The summed E-state index contributed by atoms with van der Waals surface area (Å²) >= 11 is 6.01. The Bertz CT molecular complexity index is 813. The third-order valence-electron chi connectivity index (χ3n) is 4.92. The molecule has 0 aliphatic carbocycles. The summed E-state index contributed by atoms with van der Waals surface area (Å²) in [5, 5.41) is 3.69. The van der Waals surface area contributed by atoms with Gasteiger partial charge in [-0.2, -0.15) is 0 Å². The van der Waals surface area contributed by atoms with Gasteiger partial charge < -0.3 is 14.8 Å². The van der Waals surface area contributed by atoms with Crippen molar-refractivity contribution in [1.29, 1.82) is 0 Å². The van der Waals surface area contributed by atoms with Crippen LogP contribution in [0.5, 0.6) is 5.75 Å². The third kappa shape index (κ3) is 3.57. The third-order valence-corrected chi connectivity index (χ3v) is 5.18. The minimum Gasteiger partial charge on any atom is -0.487 e. The average molecular weight is 372 g/mol. The largest absolute Gasteiger partial charge is 0.487 e. The molecule has 1 fully saturated rings. The Balaban J connectivity index is 1.48. The fourth-order valence-electron chi connectivity index (χ4n) is 3.66. The monoisotopic (exact) mass is 371 g/mol. The summed E-state index contributed by atoms with van der Waals surface area (Å²) in [6.45, 7) is 3.26. The molecule has 4 rings (SSSR count). The topological polar surface area (TPSA) is 47.6 Å². The van der Waals surface area contributed by atoms with Gasteiger partial charge in [0.2, 0.25) is 5.91 Å². The van der Waals surface area contributed by atoms with Crippen LogP contribution in [0.4, 0.5) is 0 Å². The Hall–Kier alpha value is -2.04. The second-order valence-corrected chi connectivity index (χ2v) is 7.43. The van der Waals surface area contributed by atoms with Gasteiger partial charge in [-0.05, 0) is 54.7 Å². The van der Waals surface area contributed by atoms with Crippen LogP contribution in [0, 0.1) is 6.92 Å². The van der Waals surface area contributed by atoms with Gasteiger partial charge >= 0.3 is 0 Å². The lowest BCUT2D eigenvalue weighted by atomic mass is 9.98. The predicted molar refractivity (Wildman–Crippen MR) is 102 cm³/mol. The molecule has 0 saturated carbocycles. The van der Waals surface area contributed by atoms with E-state index in [-0.39, 0.29) is 18.1 Å². The van der Waals surface area contributed by atoms with E-state index >= 15 is 0 Å². The zero-order valence-electron chi connectivity index (χ0n) is 14.8. The number of ether oxygens (including phenoxy) is 2. The highest BCUT2D eigenvalue weighted by molar-refractivity contribution is 6.30. The zero-order valence-corrected chi connectivity index (χ0v) is 15.5. The molecule has 2 aliphatic rings. The summed E-state index contributed by atoms with van der Waals surface area (Å²) in [5.41, 5.74) is 4.54. The molecule has 2 aliphatic heterocycles. The molecule has 0 radical (unpaired) electrons. The van der Waals surface area contributed by atoms with Gasteiger partial charge in [-0.15, -0.1) is 0 Å². The number of aryl methyl sites for hydroxylation is 1. The summed E-state index contributed by atoms with van der Waals surface area (Å²) in [4.78, 5) is 12.1. The molecule has 136 valence electrons. The molecule has 0 aromatic heterocycles. The molecule has 1 amide bonds. The fraction of sp³-hybridized carbons (Fsp3) is 0.381. The average Bonchev–Trinajstić information content (AvgIpc) is 3.29. The molecule has 0 bridgehead atoms. The highest BCUT2D eigenvalue weighted by Gasteiger charge is 2.29. The van der Waals surface area contributed by atoms with Gasteiger partial charge in [0.25, 0.3) is 0 Å². The van der Waals surface area contributed by atoms with Crippen LogP contribution in [0.2, 0.25) is 5.02 Å². The van der Waals surface area contributed by atoms with Crippen molar-refractivity contribution in [1.82, 2.24) is 5.32 Å². The Morgan fingerprint density at radius 2 is 2.08 bits per heavy atom. The number of amides is 1. The molecular weight excluding hydrogens is 350 g/mol. The van der Waals surface area contributed by atoms with Crippen molar-refractivity contribution in [2.45, 2.75) is 38.4 Å². The molecule has 26 heavy (non-hydrogen) atoms. The standard InChI is InChI=1S/C21H22ClNO3/c1-13-9-15-11-17(12-23-21(24)19-3-2-8-25-19)26-20(15)18(10-13)14-4-6-16(22)7-5-14/h4-7,9-10,17,19H,2-3,8,11-12H2,1H3,(H,23,24). The van der Waals surface area contributed by atoms with Crippen molar-refractivity contribution in [2.24, 2.45) is 0 Å². The van der Waals surface area contributed by atoms with E-state index in [1.54, 1.807) is 0 Å². The van der Waals surface area contributed by atoms with Gasteiger partial charge in [-0.1, -0.05) is 29.8 Å². The van der Waals surface area contributed by atoms with Gasteiger partial charge in [0.05, 0.1) is 6.54 Å². The van der Waals surface area contributed by atoms with Crippen LogP contribution in [0.25, 0.3) is 11.1 Å². The quantitative estimate of drug-likeness (QED) is 0.886. The number of carbonyl (C=O) groups is 1. The number of fused-ring (bicyclic) bond motifs is 1. The van der Waals surface area contributed by atoms with Crippen LogP contribution in [-0.4, -0.2) is 31.3 Å². The zero-order chi connectivity index (χ0) is 18.1. The number of hydrogen-bond donors (Lipinski definition) is 1. The lowest BCUT2D eigenvalue weighted by Crippen LogP contribution is -2.40. The van der Waals surface area contributed by atoms with Crippen molar-refractivity contribution in [2.75, 3.05) is 13.2 Å². The highest BCUT2D eigenvalue weighted by atomic mass is 35.5. The Morgan fingerprint density at radius 3 is 2.81 bits per heavy atom. The Labute approximate surface area is 158 Å². The first-order chi connectivity index (χ1) is 12.6. The molecule has 4 nitrogen and oxygen atoms in total. The smallest absolute Gasteiger partial charge is 0.249 e. The van der Waals surface area contributed by atoms with Crippen molar-refractivity contribution >= 4 is 17.5 Å². The van der Waals surface area contributed by atoms with Gasteiger partial charge in [0.1, 0.15) is 18.0 Å². The van der Waals surface area contributed by atoms with Crippen LogP contribution in [0.15, 0.2) is 36.4 Å². The van der Waals surface area contributed by atoms with Gasteiger partial charge in [-0.25, -0.2) is 0 Å². The summed E-state index contributed by atoms with van der Waals surface area (Å²) < 4.78 is 11.6. The summed E-state index contributed by atoms with van der Waals surface area (Å²) in [5.74, 6) is 0.880. The molecule has 0 spiro atoms. The number of halogens is 1. The van der Waals surface area contributed by atoms with Crippen molar-refractivity contribution in [3.63, 3.8) is 0 Å². The van der Waals surface area contributed by atoms with E-state index in [0.29, 0.717) is 18.2 Å². The van der Waals surface area contributed by atoms with Crippen LogP contribution >= 0.6 is 11.6 Å².